The van der Waals surface area contributed by atoms with Crippen LogP contribution in [0.25, 0.3) is 11.3 Å². The zero-order chi connectivity index (χ0) is 14.7. The van der Waals surface area contributed by atoms with E-state index in [9.17, 15) is 0 Å². The van der Waals surface area contributed by atoms with Gasteiger partial charge in [0.1, 0.15) is 17.4 Å². The van der Waals surface area contributed by atoms with Gasteiger partial charge in [-0.25, -0.2) is 4.98 Å². The van der Waals surface area contributed by atoms with E-state index in [0.29, 0.717) is 6.61 Å². The normalized spacial score (nSPS) is 10.6. The van der Waals surface area contributed by atoms with Crippen LogP contribution in [0.4, 0.5) is 0 Å². The van der Waals surface area contributed by atoms with E-state index in [1.807, 2.05) is 42.5 Å². The van der Waals surface area contributed by atoms with Gasteiger partial charge in [-0.2, -0.15) is 0 Å². The molecule has 2 nitrogen and oxygen atoms in total. The maximum absolute atomic E-state index is 5.76. The number of thiazole rings is 1. The zero-order valence-electron chi connectivity index (χ0n) is 11.5. The van der Waals surface area contributed by atoms with Crippen LogP contribution in [-0.4, -0.2) is 4.98 Å². The van der Waals surface area contributed by atoms with Crippen LogP contribution in [0.5, 0.6) is 5.75 Å². The molecule has 0 fully saturated rings. The average Bonchev–Trinajstić information content (AvgIpc) is 2.88. The number of hydrogen-bond acceptors (Lipinski definition) is 3. The smallest absolute Gasteiger partial charge is 0.140 e. The van der Waals surface area contributed by atoms with Crippen LogP contribution in [0.2, 0.25) is 0 Å². The molecule has 0 amide bonds. The summed E-state index contributed by atoms with van der Waals surface area (Å²) in [6, 6.07) is 18.0. The molecule has 0 atom stereocenters. The Bertz CT molecular complexity index is 722. The number of hydrogen-bond donors (Lipinski definition) is 0. The number of rotatable bonds is 4. The quantitative estimate of drug-likeness (QED) is 0.616. The fourth-order valence-corrected chi connectivity index (χ4v) is 3.18. The molecule has 106 valence electrons. The van der Waals surface area contributed by atoms with Gasteiger partial charge in [-0.1, -0.05) is 46.3 Å². The first-order valence-electron chi connectivity index (χ1n) is 6.62. The van der Waals surface area contributed by atoms with Crippen molar-refractivity contribution in [3.63, 3.8) is 0 Å². The third kappa shape index (κ3) is 3.52. The zero-order valence-corrected chi connectivity index (χ0v) is 13.9. The largest absolute Gasteiger partial charge is 0.486 e. The van der Waals surface area contributed by atoms with Gasteiger partial charge in [0, 0.05) is 14.9 Å². The molecule has 0 aliphatic carbocycles. The van der Waals surface area contributed by atoms with Gasteiger partial charge in [0.2, 0.25) is 0 Å². The second-order valence-corrected chi connectivity index (χ2v) is 6.82. The van der Waals surface area contributed by atoms with Gasteiger partial charge in [-0.15, -0.1) is 11.3 Å². The number of aryl methyl sites for hydroxylation is 1. The van der Waals surface area contributed by atoms with Crippen molar-refractivity contribution in [3.05, 3.63) is 69.0 Å². The molecule has 2 aromatic carbocycles. The fraction of sp³-hybridized carbons (Fsp3) is 0.118. The Morgan fingerprint density at radius 1 is 1.05 bits per heavy atom. The molecule has 1 aromatic heterocycles. The Morgan fingerprint density at radius 3 is 2.48 bits per heavy atom. The minimum Gasteiger partial charge on any atom is -0.486 e. The van der Waals surface area contributed by atoms with E-state index in [1.165, 1.54) is 4.88 Å². The highest BCUT2D eigenvalue weighted by Gasteiger charge is 2.10. The standard InChI is InChI=1S/C17H14BrNOS/c1-12-17(13-7-9-14(18)10-8-13)19-16(21-12)11-20-15-5-3-2-4-6-15/h2-10H,11H2,1H3. The van der Waals surface area contributed by atoms with Crippen molar-refractivity contribution >= 4 is 27.3 Å². The summed E-state index contributed by atoms with van der Waals surface area (Å²) in [5.41, 5.74) is 2.18. The number of aromatic nitrogens is 1. The van der Waals surface area contributed by atoms with Crippen LogP contribution in [-0.2, 0) is 6.61 Å². The number of benzene rings is 2. The Kier molecular flexibility index (Phi) is 4.36. The van der Waals surface area contributed by atoms with Crippen molar-refractivity contribution in [2.45, 2.75) is 13.5 Å². The van der Waals surface area contributed by atoms with Gasteiger partial charge in [0.05, 0.1) is 5.69 Å². The number of halogens is 1. The SMILES string of the molecule is Cc1sc(COc2ccccc2)nc1-c1ccc(Br)cc1. The average molecular weight is 360 g/mol. The predicted octanol–water partition coefficient (Wildman–Crippen LogP) is 5.46. The summed E-state index contributed by atoms with van der Waals surface area (Å²) in [7, 11) is 0. The van der Waals surface area contributed by atoms with Crippen molar-refractivity contribution in [1.29, 1.82) is 0 Å². The Balaban J connectivity index is 1.76. The van der Waals surface area contributed by atoms with Gasteiger partial charge >= 0.3 is 0 Å². The van der Waals surface area contributed by atoms with E-state index in [2.05, 4.69) is 35.0 Å². The van der Waals surface area contributed by atoms with E-state index in [0.717, 1.165) is 26.5 Å². The van der Waals surface area contributed by atoms with E-state index in [-0.39, 0.29) is 0 Å². The first kappa shape index (κ1) is 14.3. The molecule has 0 unspecified atom stereocenters. The van der Waals surface area contributed by atoms with E-state index >= 15 is 0 Å². The molecular formula is C17H14BrNOS. The van der Waals surface area contributed by atoms with Crippen LogP contribution in [0.15, 0.2) is 59.1 Å². The highest BCUT2D eigenvalue weighted by molar-refractivity contribution is 9.10. The Hall–Kier alpha value is -1.65. The molecule has 0 aliphatic rings. The lowest BCUT2D eigenvalue weighted by Gasteiger charge is -2.02. The van der Waals surface area contributed by atoms with E-state index in [4.69, 9.17) is 9.72 Å². The molecule has 0 N–H and O–H groups in total. The summed E-state index contributed by atoms with van der Waals surface area (Å²) < 4.78 is 6.83. The lowest BCUT2D eigenvalue weighted by Crippen LogP contribution is -1.94. The first-order chi connectivity index (χ1) is 10.2. The minimum atomic E-state index is 0.506. The third-order valence-corrected chi connectivity index (χ3v) is 4.54. The van der Waals surface area contributed by atoms with Gasteiger partial charge in [-0.3, -0.25) is 0 Å². The monoisotopic (exact) mass is 359 g/mol. The maximum Gasteiger partial charge on any atom is 0.140 e. The topological polar surface area (TPSA) is 22.1 Å². The van der Waals surface area contributed by atoms with E-state index in [1.54, 1.807) is 11.3 Å². The molecule has 4 heteroatoms. The van der Waals surface area contributed by atoms with Gasteiger partial charge < -0.3 is 4.74 Å². The fourth-order valence-electron chi connectivity index (χ4n) is 2.05. The minimum absolute atomic E-state index is 0.506. The summed E-state index contributed by atoms with van der Waals surface area (Å²) >= 11 is 5.14. The third-order valence-electron chi connectivity index (χ3n) is 3.06. The van der Waals surface area contributed by atoms with Gasteiger partial charge in [-0.05, 0) is 31.2 Å². The van der Waals surface area contributed by atoms with Gasteiger partial charge in [0.15, 0.2) is 0 Å². The highest BCUT2D eigenvalue weighted by Crippen LogP contribution is 2.29. The maximum atomic E-state index is 5.76. The number of para-hydroxylation sites is 1. The summed E-state index contributed by atoms with van der Waals surface area (Å²) in [6.45, 7) is 2.60. The molecule has 1 heterocycles. The lowest BCUT2D eigenvalue weighted by atomic mass is 10.1. The Labute approximate surface area is 136 Å². The molecule has 0 radical (unpaired) electrons. The van der Waals surface area contributed by atoms with Crippen molar-refractivity contribution in [2.24, 2.45) is 0 Å². The van der Waals surface area contributed by atoms with Crippen molar-refractivity contribution in [1.82, 2.24) is 4.98 Å². The second kappa shape index (κ2) is 6.41. The second-order valence-electron chi connectivity index (χ2n) is 4.62. The van der Waals surface area contributed by atoms with Crippen LogP contribution >= 0.6 is 27.3 Å². The summed E-state index contributed by atoms with van der Waals surface area (Å²) in [6.07, 6.45) is 0. The molecule has 0 saturated carbocycles. The molecular weight excluding hydrogens is 346 g/mol. The van der Waals surface area contributed by atoms with Crippen molar-refractivity contribution in [3.8, 4) is 17.0 Å². The van der Waals surface area contributed by atoms with Crippen LogP contribution in [0.3, 0.4) is 0 Å². The first-order valence-corrected chi connectivity index (χ1v) is 8.23. The summed E-state index contributed by atoms with van der Waals surface area (Å²) in [4.78, 5) is 5.92. The summed E-state index contributed by atoms with van der Waals surface area (Å²) in [5, 5.41) is 0.995. The van der Waals surface area contributed by atoms with Crippen molar-refractivity contribution in [2.75, 3.05) is 0 Å². The molecule has 3 rings (SSSR count). The number of nitrogens with zero attached hydrogens (tertiary/aromatic N) is 1. The molecule has 0 spiro atoms. The van der Waals surface area contributed by atoms with Gasteiger partial charge in [0.25, 0.3) is 0 Å². The van der Waals surface area contributed by atoms with E-state index < -0.39 is 0 Å². The molecule has 0 bridgehead atoms. The van der Waals surface area contributed by atoms with Crippen LogP contribution < -0.4 is 4.74 Å². The van der Waals surface area contributed by atoms with Crippen LogP contribution in [0.1, 0.15) is 9.88 Å². The Morgan fingerprint density at radius 2 is 1.76 bits per heavy atom. The summed E-state index contributed by atoms with van der Waals surface area (Å²) in [5.74, 6) is 0.871. The molecule has 3 aromatic rings. The van der Waals surface area contributed by atoms with Crippen LogP contribution in [0, 0.1) is 6.92 Å². The van der Waals surface area contributed by atoms with Crippen molar-refractivity contribution < 1.29 is 4.74 Å². The molecule has 0 saturated heterocycles. The number of ether oxygens (including phenoxy) is 1. The highest BCUT2D eigenvalue weighted by atomic mass is 79.9. The molecule has 21 heavy (non-hydrogen) atoms. The molecule has 0 aliphatic heterocycles. The predicted molar refractivity (Wildman–Crippen MR) is 90.8 cm³/mol. The lowest BCUT2D eigenvalue weighted by molar-refractivity contribution is 0.305.